The molecule has 0 unspecified atom stereocenters. The second-order valence-electron chi connectivity index (χ2n) is 4.98. The van der Waals surface area contributed by atoms with E-state index in [1.807, 2.05) is 20.8 Å². The van der Waals surface area contributed by atoms with Gasteiger partial charge in [0.2, 0.25) is 5.95 Å². The molecule has 0 bridgehead atoms. The number of rotatable bonds is 5. The standard InChI is InChI=1S/C10H12N4O2.C6H12N2/c1-6-12-10(14-13-6)11-5-7-2-3-8(15)9(16)4-7;1-4-6(3)8-7-5-2/h2-4,15-16H,5H2,1H3,(H2,11,12,13,14);5H,4H2,1-3H3/b;7-5-,8-6-. The first kappa shape index (κ1) is 19.1. The topological polar surface area (TPSA) is 119 Å². The minimum absolute atomic E-state index is 0.127. The predicted molar refractivity (Wildman–Crippen MR) is 95.8 cm³/mol. The number of aryl methyl sites for hydroxylation is 1. The van der Waals surface area contributed by atoms with E-state index in [1.165, 1.54) is 12.1 Å². The number of hydrogen-bond donors (Lipinski definition) is 4. The van der Waals surface area contributed by atoms with Gasteiger partial charge in [0.25, 0.3) is 0 Å². The minimum Gasteiger partial charge on any atom is -0.504 e. The van der Waals surface area contributed by atoms with Crippen LogP contribution in [0.5, 0.6) is 11.5 Å². The lowest BCUT2D eigenvalue weighted by atomic mass is 10.2. The van der Waals surface area contributed by atoms with Crippen molar-refractivity contribution in [1.29, 1.82) is 0 Å². The van der Waals surface area contributed by atoms with Gasteiger partial charge in [0.1, 0.15) is 5.82 Å². The molecule has 0 amide bonds. The molecule has 2 aromatic rings. The van der Waals surface area contributed by atoms with E-state index < -0.39 is 0 Å². The zero-order valence-electron chi connectivity index (χ0n) is 14.4. The van der Waals surface area contributed by atoms with Crippen LogP contribution in [-0.4, -0.2) is 37.3 Å². The summed E-state index contributed by atoms with van der Waals surface area (Å²) < 4.78 is 0. The number of nitrogens with zero attached hydrogens (tertiary/aromatic N) is 4. The summed E-state index contributed by atoms with van der Waals surface area (Å²) in [5, 5.41) is 35.6. The second-order valence-corrected chi connectivity index (χ2v) is 4.98. The lowest BCUT2D eigenvalue weighted by Crippen LogP contribution is -2.00. The van der Waals surface area contributed by atoms with E-state index in [-0.39, 0.29) is 11.5 Å². The molecular formula is C16H24N6O2. The third kappa shape index (κ3) is 6.91. The Morgan fingerprint density at radius 1 is 1.33 bits per heavy atom. The van der Waals surface area contributed by atoms with Gasteiger partial charge in [-0.1, -0.05) is 13.0 Å². The maximum atomic E-state index is 9.29. The van der Waals surface area contributed by atoms with Crippen LogP contribution >= 0.6 is 0 Å². The number of anilines is 1. The molecule has 0 spiro atoms. The Kier molecular flexibility index (Phi) is 7.97. The van der Waals surface area contributed by atoms with Gasteiger partial charge in [0, 0.05) is 18.5 Å². The third-order valence-corrected chi connectivity index (χ3v) is 2.94. The largest absolute Gasteiger partial charge is 0.504 e. The Bertz CT molecular complexity index is 694. The van der Waals surface area contributed by atoms with Gasteiger partial charge in [-0.05, 0) is 44.9 Å². The van der Waals surface area contributed by atoms with Crippen molar-refractivity contribution in [2.75, 3.05) is 5.32 Å². The van der Waals surface area contributed by atoms with Crippen LogP contribution in [-0.2, 0) is 6.54 Å². The van der Waals surface area contributed by atoms with Crippen LogP contribution in [0.2, 0.25) is 0 Å². The number of phenols is 2. The molecular weight excluding hydrogens is 308 g/mol. The number of nitrogens with one attached hydrogen (secondary N) is 2. The molecule has 8 nitrogen and oxygen atoms in total. The van der Waals surface area contributed by atoms with E-state index >= 15 is 0 Å². The van der Waals surface area contributed by atoms with Crippen molar-refractivity contribution in [2.24, 2.45) is 10.2 Å². The summed E-state index contributed by atoms with van der Waals surface area (Å²) in [7, 11) is 0. The summed E-state index contributed by atoms with van der Waals surface area (Å²) in [5.41, 5.74) is 1.90. The maximum Gasteiger partial charge on any atom is 0.242 e. The van der Waals surface area contributed by atoms with Crippen LogP contribution in [0.1, 0.15) is 38.6 Å². The Hall–Kier alpha value is -2.90. The highest BCUT2D eigenvalue weighted by Gasteiger charge is 2.02. The van der Waals surface area contributed by atoms with Crippen molar-refractivity contribution in [2.45, 2.75) is 40.7 Å². The lowest BCUT2D eigenvalue weighted by molar-refractivity contribution is 0.403. The first-order valence-corrected chi connectivity index (χ1v) is 7.61. The average molecular weight is 332 g/mol. The van der Waals surface area contributed by atoms with E-state index in [0.717, 1.165) is 23.5 Å². The van der Waals surface area contributed by atoms with Crippen molar-refractivity contribution in [3.8, 4) is 11.5 Å². The summed E-state index contributed by atoms with van der Waals surface area (Å²) in [5.74, 6) is 0.976. The Morgan fingerprint density at radius 2 is 2.08 bits per heavy atom. The van der Waals surface area contributed by atoms with Crippen molar-refractivity contribution in [1.82, 2.24) is 15.2 Å². The SMILES string of the molecule is C/C=N\N=C(\C)CC.Cc1nc(NCc2ccc(O)c(O)c2)n[nH]1. The lowest BCUT2D eigenvalue weighted by Gasteiger charge is -2.03. The van der Waals surface area contributed by atoms with Gasteiger partial charge in [-0.15, -0.1) is 5.10 Å². The monoisotopic (exact) mass is 332 g/mol. The zero-order chi connectivity index (χ0) is 17.9. The van der Waals surface area contributed by atoms with Crippen LogP contribution < -0.4 is 5.32 Å². The highest BCUT2D eigenvalue weighted by molar-refractivity contribution is 5.81. The van der Waals surface area contributed by atoms with Gasteiger partial charge in [-0.3, -0.25) is 5.10 Å². The van der Waals surface area contributed by atoms with E-state index in [1.54, 1.807) is 12.3 Å². The van der Waals surface area contributed by atoms with E-state index in [4.69, 9.17) is 5.11 Å². The van der Waals surface area contributed by atoms with E-state index in [2.05, 4.69) is 37.6 Å². The molecule has 0 aliphatic carbocycles. The molecule has 0 saturated heterocycles. The fourth-order valence-corrected chi connectivity index (χ4v) is 1.51. The predicted octanol–water partition coefficient (Wildman–Crippen LogP) is 3.00. The number of phenolic OH excluding ortho intramolecular Hbond substituents is 2. The number of aromatic amines is 1. The quantitative estimate of drug-likeness (QED) is 0.381. The van der Waals surface area contributed by atoms with Gasteiger partial charge >= 0.3 is 0 Å². The molecule has 0 saturated carbocycles. The first-order valence-electron chi connectivity index (χ1n) is 7.61. The molecule has 1 aromatic carbocycles. The summed E-state index contributed by atoms with van der Waals surface area (Å²) in [6.45, 7) is 8.17. The smallest absolute Gasteiger partial charge is 0.242 e. The van der Waals surface area contributed by atoms with Crippen LogP contribution in [0.3, 0.4) is 0 Å². The van der Waals surface area contributed by atoms with Crippen LogP contribution in [0, 0.1) is 6.92 Å². The highest BCUT2D eigenvalue weighted by Crippen LogP contribution is 2.24. The van der Waals surface area contributed by atoms with Crippen molar-refractivity contribution < 1.29 is 10.2 Å². The van der Waals surface area contributed by atoms with Crippen LogP contribution in [0.15, 0.2) is 28.4 Å². The summed E-state index contributed by atoms with van der Waals surface area (Å²) >= 11 is 0. The van der Waals surface area contributed by atoms with Gasteiger partial charge in [-0.25, -0.2) is 0 Å². The fraction of sp³-hybridized carbons (Fsp3) is 0.375. The Labute approximate surface area is 141 Å². The minimum atomic E-state index is -0.134. The number of H-pyrrole nitrogens is 1. The first-order chi connectivity index (χ1) is 11.5. The van der Waals surface area contributed by atoms with E-state index in [0.29, 0.717) is 12.5 Å². The summed E-state index contributed by atoms with van der Waals surface area (Å²) in [6.07, 6.45) is 2.66. The number of benzene rings is 1. The zero-order valence-corrected chi connectivity index (χ0v) is 14.4. The molecule has 0 atom stereocenters. The number of aromatic hydroxyl groups is 2. The normalized spacial score (nSPS) is 11.2. The Balaban J connectivity index is 0.000000307. The summed E-state index contributed by atoms with van der Waals surface area (Å²) in [6, 6.07) is 4.64. The number of hydrogen-bond acceptors (Lipinski definition) is 7. The van der Waals surface area contributed by atoms with Gasteiger partial charge in [0.05, 0.1) is 0 Å². The Morgan fingerprint density at radius 3 is 2.62 bits per heavy atom. The molecule has 24 heavy (non-hydrogen) atoms. The average Bonchev–Trinajstić information content (AvgIpc) is 2.99. The molecule has 1 aromatic heterocycles. The molecule has 130 valence electrons. The molecule has 8 heteroatoms. The highest BCUT2D eigenvalue weighted by atomic mass is 16.3. The van der Waals surface area contributed by atoms with E-state index in [9.17, 15) is 5.11 Å². The van der Waals surface area contributed by atoms with Gasteiger partial charge < -0.3 is 15.5 Å². The third-order valence-electron chi connectivity index (χ3n) is 2.94. The molecule has 2 rings (SSSR count). The molecule has 4 N–H and O–H groups in total. The van der Waals surface area contributed by atoms with Crippen molar-refractivity contribution in [3.63, 3.8) is 0 Å². The maximum absolute atomic E-state index is 9.29. The number of aromatic nitrogens is 3. The van der Waals surface area contributed by atoms with Crippen molar-refractivity contribution in [3.05, 3.63) is 29.6 Å². The summed E-state index contributed by atoms with van der Waals surface area (Å²) in [4.78, 5) is 4.08. The molecule has 0 fully saturated rings. The molecule has 0 aliphatic heterocycles. The second kappa shape index (κ2) is 9.98. The molecule has 0 aliphatic rings. The molecule has 1 heterocycles. The van der Waals surface area contributed by atoms with Crippen LogP contribution in [0.25, 0.3) is 0 Å². The fourth-order valence-electron chi connectivity index (χ4n) is 1.51. The van der Waals surface area contributed by atoms with Crippen molar-refractivity contribution >= 4 is 17.9 Å². The van der Waals surface area contributed by atoms with Gasteiger partial charge in [0.15, 0.2) is 11.5 Å². The van der Waals surface area contributed by atoms with Gasteiger partial charge in [-0.2, -0.15) is 15.2 Å². The van der Waals surface area contributed by atoms with Crippen LogP contribution in [0.4, 0.5) is 5.95 Å². The molecule has 0 radical (unpaired) electrons.